The van der Waals surface area contributed by atoms with E-state index in [0.29, 0.717) is 34.2 Å². The van der Waals surface area contributed by atoms with Gasteiger partial charge in [-0.15, -0.1) is 0 Å². The maximum atomic E-state index is 12.4. The number of carbonyl (C=O) groups is 2. The van der Waals surface area contributed by atoms with E-state index in [1.165, 1.54) is 4.68 Å². The lowest BCUT2D eigenvalue weighted by atomic mass is 10.1. The van der Waals surface area contributed by atoms with Gasteiger partial charge in [0.2, 0.25) is 0 Å². The van der Waals surface area contributed by atoms with Gasteiger partial charge in [0.1, 0.15) is 5.15 Å². The third-order valence-electron chi connectivity index (χ3n) is 3.96. The molecule has 138 valence electrons. The average Bonchev–Trinajstić information content (AvgIpc) is 2.92. The van der Waals surface area contributed by atoms with Gasteiger partial charge in [-0.25, -0.2) is 0 Å². The Morgan fingerprint density at radius 1 is 1.15 bits per heavy atom. The van der Waals surface area contributed by atoms with E-state index in [4.69, 9.17) is 11.6 Å². The molecule has 0 unspecified atom stereocenters. The first-order valence-electron chi connectivity index (χ1n) is 8.23. The second-order valence-electron chi connectivity index (χ2n) is 5.95. The van der Waals surface area contributed by atoms with Crippen LogP contribution in [0.2, 0.25) is 5.15 Å². The Balaban J connectivity index is 1.66. The molecular formula is C19H18ClN5O2. The molecule has 0 bridgehead atoms. The molecule has 2 N–H and O–H groups in total. The van der Waals surface area contributed by atoms with Gasteiger partial charge in [-0.3, -0.25) is 19.3 Å². The zero-order chi connectivity index (χ0) is 19.4. The molecule has 0 spiro atoms. The van der Waals surface area contributed by atoms with Crippen LogP contribution in [0.4, 0.5) is 5.69 Å². The highest BCUT2D eigenvalue weighted by Crippen LogP contribution is 2.19. The van der Waals surface area contributed by atoms with Crippen LogP contribution in [0.5, 0.6) is 0 Å². The number of pyridine rings is 1. The Bertz CT molecular complexity index is 985. The van der Waals surface area contributed by atoms with Gasteiger partial charge in [0.25, 0.3) is 11.8 Å². The van der Waals surface area contributed by atoms with E-state index in [2.05, 4.69) is 20.7 Å². The molecule has 0 radical (unpaired) electrons. The number of nitrogens with one attached hydrogen (secondary N) is 2. The lowest BCUT2D eigenvalue weighted by Crippen LogP contribution is -2.23. The molecule has 0 saturated carbocycles. The van der Waals surface area contributed by atoms with Crippen molar-refractivity contribution in [1.29, 1.82) is 0 Å². The van der Waals surface area contributed by atoms with Crippen LogP contribution in [0.25, 0.3) is 0 Å². The fourth-order valence-corrected chi connectivity index (χ4v) is 2.88. The molecule has 2 heterocycles. The van der Waals surface area contributed by atoms with Crippen LogP contribution in [-0.4, -0.2) is 26.6 Å². The van der Waals surface area contributed by atoms with Crippen LogP contribution < -0.4 is 10.6 Å². The summed E-state index contributed by atoms with van der Waals surface area (Å²) in [6.45, 7) is 2.03. The van der Waals surface area contributed by atoms with E-state index in [0.717, 1.165) is 5.56 Å². The predicted octanol–water partition coefficient (Wildman–Crippen LogP) is 2.96. The van der Waals surface area contributed by atoms with E-state index in [1.807, 2.05) is 12.1 Å². The number of amides is 2. The first-order chi connectivity index (χ1) is 13.0. The van der Waals surface area contributed by atoms with Gasteiger partial charge in [-0.05, 0) is 36.8 Å². The molecule has 2 amide bonds. The quantitative estimate of drug-likeness (QED) is 0.708. The molecule has 3 rings (SSSR count). The summed E-state index contributed by atoms with van der Waals surface area (Å²) in [7, 11) is 1.68. The van der Waals surface area contributed by atoms with E-state index in [9.17, 15) is 9.59 Å². The standard InChI is InChI=1S/C19H18ClN5O2/c1-12-16(17(20)25(2)24-12)19(27)22-11-13-4-3-5-15(10-13)23-18(26)14-6-8-21-9-7-14/h3-10H,11H2,1-2H3,(H,22,27)(H,23,26). The van der Waals surface area contributed by atoms with Crippen molar-refractivity contribution in [2.75, 3.05) is 5.32 Å². The Labute approximate surface area is 161 Å². The highest BCUT2D eigenvalue weighted by molar-refractivity contribution is 6.33. The first-order valence-corrected chi connectivity index (χ1v) is 8.61. The van der Waals surface area contributed by atoms with Crippen LogP contribution in [0.1, 0.15) is 32.0 Å². The minimum atomic E-state index is -0.295. The van der Waals surface area contributed by atoms with Crippen molar-refractivity contribution in [1.82, 2.24) is 20.1 Å². The summed E-state index contributed by atoms with van der Waals surface area (Å²) in [6, 6.07) is 10.5. The van der Waals surface area contributed by atoms with Gasteiger partial charge in [-0.2, -0.15) is 5.10 Å². The molecule has 0 aliphatic carbocycles. The van der Waals surface area contributed by atoms with Crippen LogP contribution in [0.15, 0.2) is 48.8 Å². The van der Waals surface area contributed by atoms with Crippen molar-refractivity contribution in [3.63, 3.8) is 0 Å². The molecule has 8 heteroatoms. The zero-order valence-corrected chi connectivity index (χ0v) is 15.6. The minimum Gasteiger partial charge on any atom is -0.348 e. The number of rotatable bonds is 5. The number of benzene rings is 1. The molecule has 7 nitrogen and oxygen atoms in total. The van der Waals surface area contributed by atoms with Crippen LogP contribution in [0, 0.1) is 6.92 Å². The smallest absolute Gasteiger partial charge is 0.256 e. The summed E-state index contributed by atoms with van der Waals surface area (Å²) in [5.74, 6) is -0.520. The average molecular weight is 384 g/mol. The number of anilines is 1. The SMILES string of the molecule is Cc1nn(C)c(Cl)c1C(=O)NCc1cccc(NC(=O)c2ccncc2)c1. The van der Waals surface area contributed by atoms with E-state index >= 15 is 0 Å². The summed E-state index contributed by atoms with van der Waals surface area (Å²) in [5.41, 5.74) is 2.93. The molecule has 0 atom stereocenters. The molecule has 0 saturated heterocycles. The molecule has 27 heavy (non-hydrogen) atoms. The monoisotopic (exact) mass is 383 g/mol. The Morgan fingerprint density at radius 2 is 1.89 bits per heavy atom. The third kappa shape index (κ3) is 4.32. The fraction of sp³-hybridized carbons (Fsp3) is 0.158. The van der Waals surface area contributed by atoms with Crippen molar-refractivity contribution in [3.05, 3.63) is 76.3 Å². The van der Waals surface area contributed by atoms with Gasteiger partial charge in [-0.1, -0.05) is 23.7 Å². The number of carbonyl (C=O) groups excluding carboxylic acids is 2. The summed E-state index contributed by atoms with van der Waals surface area (Å²) in [4.78, 5) is 28.5. The zero-order valence-electron chi connectivity index (χ0n) is 14.9. The van der Waals surface area contributed by atoms with E-state index < -0.39 is 0 Å². The number of hydrogen-bond donors (Lipinski definition) is 2. The number of hydrogen-bond acceptors (Lipinski definition) is 4. The Morgan fingerprint density at radius 3 is 2.56 bits per heavy atom. The highest BCUT2D eigenvalue weighted by atomic mass is 35.5. The summed E-state index contributed by atoms with van der Waals surface area (Å²) in [6.07, 6.45) is 3.12. The lowest BCUT2D eigenvalue weighted by molar-refractivity contribution is 0.0949. The lowest BCUT2D eigenvalue weighted by Gasteiger charge is -2.09. The molecule has 0 aliphatic rings. The predicted molar refractivity (Wildman–Crippen MR) is 103 cm³/mol. The third-order valence-corrected chi connectivity index (χ3v) is 4.39. The number of halogens is 1. The summed E-state index contributed by atoms with van der Waals surface area (Å²) < 4.78 is 1.46. The normalized spacial score (nSPS) is 10.5. The number of nitrogens with zero attached hydrogens (tertiary/aromatic N) is 3. The first kappa shape index (κ1) is 18.6. The van der Waals surface area contributed by atoms with Crippen molar-refractivity contribution < 1.29 is 9.59 Å². The second-order valence-corrected chi connectivity index (χ2v) is 6.31. The fourth-order valence-electron chi connectivity index (χ4n) is 2.62. The maximum absolute atomic E-state index is 12.4. The van der Waals surface area contributed by atoms with Crippen molar-refractivity contribution >= 4 is 29.1 Å². The van der Waals surface area contributed by atoms with Crippen LogP contribution in [0.3, 0.4) is 0 Å². The summed E-state index contributed by atoms with van der Waals surface area (Å²) >= 11 is 6.12. The molecule has 0 fully saturated rings. The second kappa shape index (κ2) is 8.01. The highest BCUT2D eigenvalue weighted by Gasteiger charge is 2.18. The number of aromatic nitrogens is 3. The van der Waals surface area contributed by atoms with E-state index in [1.54, 1.807) is 50.6 Å². The van der Waals surface area contributed by atoms with Crippen molar-refractivity contribution in [3.8, 4) is 0 Å². The molecule has 3 aromatic rings. The van der Waals surface area contributed by atoms with Gasteiger partial charge in [0, 0.05) is 37.2 Å². The molecular weight excluding hydrogens is 366 g/mol. The minimum absolute atomic E-state index is 0.226. The largest absolute Gasteiger partial charge is 0.348 e. The van der Waals surface area contributed by atoms with Gasteiger partial charge in [0.05, 0.1) is 11.3 Å². The molecule has 0 aliphatic heterocycles. The molecule has 1 aromatic carbocycles. The topological polar surface area (TPSA) is 88.9 Å². The van der Waals surface area contributed by atoms with Gasteiger partial charge < -0.3 is 10.6 Å². The van der Waals surface area contributed by atoms with Crippen molar-refractivity contribution in [2.24, 2.45) is 7.05 Å². The molecule has 2 aromatic heterocycles. The van der Waals surface area contributed by atoms with Crippen LogP contribution >= 0.6 is 11.6 Å². The van der Waals surface area contributed by atoms with Crippen LogP contribution in [-0.2, 0) is 13.6 Å². The number of aryl methyl sites for hydroxylation is 2. The van der Waals surface area contributed by atoms with Gasteiger partial charge >= 0.3 is 0 Å². The van der Waals surface area contributed by atoms with E-state index in [-0.39, 0.29) is 11.8 Å². The maximum Gasteiger partial charge on any atom is 0.256 e. The van der Waals surface area contributed by atoms with Gasteiger partial charge in [0.15, 0.2) is 0 Å². The Kier molecular flexibility index (Phi) is 5.52. The Hall–Kier alpha value is -3.19. The summed E-state index contributed by atoms with van der Waals surface area (Å²) in [5, 5.41) is 10.1. The van der Waals surface area contributed by atoms with Crippen molar-refractivity contribution in [2.45, 2.75) is 13.5 Å².